The SMILES string of the molecule is COCCCOc1cc(C(=O)N(C(C)C)C2CCCNC2C)ccc1OC. The van der Waals surface area contributed by atoms with E-state index in [1.54, 1.807) is 26.4 Å². The first-order valence-corrected chi connectivity index (χ1v) is 9.85. The van der Waals surface area contributed by atoms with Gasteiger partial charge in [-0.15, -0.1) is 0 Å². The van der Waals surface area contributed by atoms with Crippen molar-refractivity contribution < 1.29 is 19.0 Å². The number of nitrogens with one attached hydrogen (secondary N) is 1. The van der Waals surface area contributed by atoms with Crippen molar-refractivity contribution in [3.8, 4) is 11.5 Å². The molecule has 6 heteroatoms. The van der Waals surface area contributed by atoms with Crippen LogP contribution in [0.25, 0.3) is 0 Å². The summed E-state index contributed by atoms with van der Waals surface area (Å²) in [5.74, 6) is 1.26. The number of rotatable bonds is 9. The quantitative estimate of drug-likeness (QED) is 0.669. The van der Waals surface area contributed by atoms with E-state index in [1.165, 1.54) is 0 Å². The van der Waals surface area contributed by atoms with Crippen molar-refractivity contribution in [1.29, 1.82) is 0 Å². The molecule has 27 heavy (non-hydrogen) atoms. The number of benzene rings is 1. The van der Waals surface area contributed by atoms with E-state index in [0.29, 0.717) is 30.3 Å². The summed E-state index contributed by atoms with van der Waals surface area (Å²) in [6.45, 7) is 8.47. The minimum absolute atomic E-state index is 0.0370. The number of carbonyl (C=O) groups is 1. The maximum atomic E-state index is 13.3. The van der Waals surface area contributed by atoms with Gasteiger partial charge in [-0.1, -0.05) is 0 Å². The second-order valence-corrected chi connectivity index (χ2v) is 7.32. The molecule has 1 aromatic rings. The lowest BCUT2D eigenvalue weighted by molar-refractivity contribution is 0.0512. The standard InChI is InChI=1S/C21H34N2O4/c1-15(2)23(18-8-6-11-22-16(18)3)21(24)17-9-10-19(26-5)20(14-17)27-13-7-12-25-4/h9-10,14-16,18,22H,6-8,11-13H2,1-5H3. The highest BCUT2D eigenvalue weighted by atomic mass is 16.5. The molecule has 0 saturated carbocycles. The Morgan fingerprint density at radius 1 is 1.26 bits per heavy atom. The predicted molar refractivity (Wildman–Crippen MR) is 107 cm³/mol. The highest BCUT2D eigenvalue weighted by Crippen LogP contribution is 2.30. The van der Waals surface area contributed by atoms with E-state index in [1.807, 2.05) is 11.0 Å². The van der Waals surface area contributed by atoms with Crippen LogP contribution in [-0.4, -0.2) is 62.9 Å². The van der Waals surface area contributed by atoms with Gasteiger partial charge < -0.3 is 24.4 Å². The fourth-order valence-corrected chi connectivity index (χ4v) is 3.63. The fraction of sp³-hybridized carbons (Fsp3) is 0.667. The van der Waals surface area contributed by atoms with Gasteiger partial charge in [0, 0.05) is 43.8 Å². The maximum absolute atomic E-state index is 13.3. The van der Waals surface area contributed by atoms with Crippen molar-refractivity contribution in [2.45, 2.75) is 58.2 Å². The number of methoxy groups -OCH3 is 2. The van der Waals surface area contributed by atoms with Gasteiger partial charge in [0.1, 0.15) is 0 Å². The molecule has 1 N–H and O–H groups in total. The van der Waals surface area contributed by atoms with E-state index in [9.17, 15) is 4.79 Å². The van der Waals surface area contributed by atoms with Gasteiger partial charge in [0.15, 0.2) is 11.5 Å². The molecule has 2 unspecified atom stereocenters. The Labute approximate surface area is 163 Å². The van der Waals surface area contributed by atoms with Crippen molar-refractivity contribution >= 4 is 5.91 Å². The average molecular weight is 379 g/mol. The molecule has 1 saturated heterocycles. The minimum Gasteiger partial charge on any atom is -0.493 e. The summed E-state index contributed by atoms with van der Waals surface area (Å²) in [7, 11) is 3.27. The highest BCUT2D eigenvalue weighted by molar-refractivity contribution is 5.95. The monoisotopic (exact) mass is 378 g/mol. The lowest BCUT2D eigenvalue weighted by Gasteiger charge is -2.41. The second kappa shape index (κ2) is 10.5. The molecule has 1 heterocycles. The fourth-order valence-electron chi connectivity index (χ4n) is 3.63. The number of amides is 1. The van der Waals surface area contributed by atoms with Crippen molar-refractivity contribution in [3.63, 3.8) is 0 Å². The van der Waals surface area contributed by atoms with Crippen LogP contribution in [0, 0.1) is 0 Å². The molecule has 0 aromatic heterocycles. The van der Waals surface area contributed by atoms with Crippen molar-refractivity contribution in [3.05, 3.63) is 23.8 Å². The lowest BCUT2D eigenvalue weighted by Crippen LogP contribution is -2.56. The molecule has 1 aromatic carbocycles. The number of hydrogen-bond donors (Lipinski definition) is 1. The van der Waals surface area contributed by atoms with Crippen molar-refractivity contribution in [2.24, 2.45) is 0 Å². The van der Waals surface area contributed by atoms with E-state index < -0.39 is 0 Å². The predicted octanol–water partition coefficient (Wildman–Crippen LogP) is 3.10. The van der Waals surface area contributed by atoms with E-state index in [2.05, 4.69) is 26.1 Å². The number of ether oxygens (including phenoxy) is 3. The van der Waals surface area contributed by atoms with Crippen LogP contribution in [0.4, 0.5) is 0 Å². The van der Waals surface area contributed by atoms with E-state index in [0.717, 1.165) is 25.8 Å². The van der Waals surface area contributed by atoms with Crippen LogP contribution in [0.1, 0.15) is 50.4 Å². The lowest BCUT2D eigenvalue weighted by atomic mass is 9.96. The van der Waals surface area contributed by atoms with Crippen LogP contribution < -0.4 is 14.8 Å². The molecule has 152 valence electrons. The third-order valence-corrected chi connectivity index (χ3v) is 5.03. The third kappa shape index (κ3) is 5.59. The number of piperidine rings is 1. The molecule has 1 amide bonds. The molecular formula is C21H34N2O4. The summed E-state index contributed by atoms with van der Waals surface area (Å²) in [4.78, 5) is 15.3. The van der Waals surface area contributed by atoms with Crippen LogP contribution in [0.5, 0.6) is 11.5 Å². The molecular weight excluding hydrogens is 344 g/mol. The summed E-state index contributed by atoms with van der Waals surface area (Å²) < 4.78 is 16.3. The molecule has 0 radical (unpaired) electrons. The molecule has 1 aliphatic rings. The summed E-state index contributed by atoms with van der Waals surface area (Å²) >= 11 is 0. The zero-order valence-corrected chi connectivity index (χ0v) is 17.3. The first-order valence-electron chi connectivity index (χ1n) is 9.85. The normalized spacial score (nSPS) is 19.8. The van der Waals surface area contributed by atoms with E-state index >= 15 is 0 Å². The molecule has 2 rings (SSSR count). The minimum atomic E-state index is 0.0370. The highest BCUT2D eigenvalue weighted by Gasteiger charge is 2.32. The summed E-state index contributed by atoms with van der Waals surface area (Å²) in [5.41, 5.74) is 0.629. The van der Waals surface area contributed by atoms with Gasteiger partial charge in [-0.05, 0) is 58.4 Å². The zero-order valence-electron chi connectivity index (χ0n) is 17.3. The van der Waals surface area contributed by atoms with Crippen LogP contribution >= 0.6 is 0 Å². The molecule has 1 fully saturated rings. The third-order valence-electron chi connectivity index (χ3n) is 5.03. The van der Waals surface area contributed by atoms with Crippen LogP contribution in [0.15, 0.2) is 18.2 Å². The number of nitrogens with zero attached hydrogens (tertiary/aromatic N) is 1. The van der Waals surface area contributed by atoms with Crippen LogP contribution in [0.3, 0.4) is 0 Å². The molecule has 2 atom stereocenters. The molecule has 6 nitrogen and oxygen atoms in total. The number of hydrogen-bond acceptors (Lipinski definition) is 5. The molecule has 0 aliphatic carbocycles. The van der Waals surface area contributed by atoms with Crippen molar-refractivity contribution in [2.75, 3.05) is 34.0 Å². The summed E-state index contributed by atoms with van der Waals surface area (Å²) in [6.07, 6.45) is 2.89. The van der Waals surface area contributed by atoms with Gasteiger partial charge in [-0.3, -0.25) is 4.79 Å². The maximum Gasteiger partial charge on any atom is 0.254 e. The van der Waals surface area contributed by atoms with Gasteiger partial charge >= 0.3 is 0 Å². The Morgan fingerprint density at radius 3 is 2.67 bits per heavy atom. The van der Waals surface area contributed by atoms with Gasteiger partial charge in [0.25, 0.3) is 5.91 Å². The smallest absolute Gasteiger partial charge is 0.254 e. The summed E-state index contributed by atoms with van der Waals surface area (Å²) in [6, 6.07) is 6.02. The second-order valence-electron chi connectivity index (χ2n) is 7.32. The van der Waals surface area contributed by atoms with E-state index in [4.69, 9.17) is 14.2 Å². The zero-order chi connectivity index (χ0) is 19.8. The Kier molecular flexibility index (Phi) is 8.38. The van der Waals surface area contributed by atoms with Gasteiger partial charge in [-0.2, -0.15) is 0 Å². The largest absolute Gasteiger partial charge is 0.493 e. The van der Waals surface area contributed by atoms with Gasteiger partial charge in [0.05, 0.1) is 13.7 Å². The Bertz CT molecular complexity index is 606. The summed E-state index contributed by atoms with van der Waals surface area (Å²) in [5, 5.41) is 3.49. The first-order chi connectivity index (χ1) is 13.0. The first kappa shape index (κ1) is 21.5. The van der Waals surface area contributed by atoms with Crippen molar-refractivity contribution in [1.82, 2.24) is 10.2 Å². The molecule has 0 bridgehead atoms. The number of carbonyl (C=O) groups excluding carboxylic acids is 1. The topological polar surface area (TPSA) is 60.0 Å². The Morgan fingerprint density at radius 2 is 2.04 bits per heavy atom. The average Bonchev–Trinajstić information content (AvgIpc) is 2.66. The van der Waals surface area contributed by atoms with Gasteiger partial charge in [0.2, 0.25) is 0 Å². The molecule has 0 spiro atoms. The van der Waals surface area contributed by atoms with Gasteiger partial charge in [-0.25, -0.2) is 0 Å². The van der Waals surface area contributed by atoms with E-state index in [-0.39, 0.29) is 24.0 Å². The Balaban J connectivity index is 2.21. The van der Waals surface area contributed by atoms with Crippen LogP contribution in [-0.2, 0) is 4.74 Å². The van der Waals surface area contributed by atoms with Crippen LogP contribution in [0.2, 0.25) is 0 Å². The molecule has 1 aliphatic heterocycles. The Hall–Kier alpha value is -1.79.